The highest BCUT2D eigenvalue weighted by Gasteiger charge is 2.20. The highest BCUT2D eigenvalue weighted by atomic mass is 79.9. The number of carbonyl (C=O) groups excluding carboxylic acids is 2. The molecule has 2 heterocycles. The molecule has 0 atom stereocenters. The predicted octanol–water partition coefficient (Wildman–Crippen LogP) is 3.42. The molecule has 1 saturated heterocycles. The van der Waals surface area contributed by atoms with E-state index in [0.717, 1.165) is 18.5 Å². The molecule has 3 rings (SSSR count). The molecule has 6 heteroatoms. The lowest BCUT2D eigenvalue weighted by atomic mass is 10.2. The first-order chi connectivity index (χ1) is 10.6. The van der Waals surface area contributed by atoms with Crippen molar-refractivity contribution in [2.45, 2.75) is 19.4 Å². The summed E-state index contributed by atoms with van der Waals surface area (Å²) in [5, 5.41) is 2.79. The quantitative estimate of drug-likeness (QED) is 0.906. The Morgan fingerprint density at radius 1 is 1.32 bits per heavy atom. The Bertz CT molecular complexity index is 711. The second-order valence-electron chi connectivity index (χ2n) is 5.18. The second kappa shape index (κ2) is 6.36. The molecule has 1 aliphatic rings. The molecule has 0 bridgehead atoms. The van der Waals surface area contributed by atoms with Gasteiger partial charge in [-0.3, -0.25) is 9.59 Å². The third-order valence-corrected chi connectivity index (χ3v) is 3.95. The lowest BCUT2D eigenvalue weighted by molar-refractivity contribution is -0.128. The van der Waals surface area contributed by atoms with E-state index < -0.39 is 0 Å². The topological polar surface area (TPSA) is 62.6 Å². The molecule has 0 spiro atoms. The van der Waals surface area contributed by atoms with Crippen molar-refractivity contribution in [1.29, 1.82) is 0 Å². The van der Waals surface area contributed by atoms with Crippen molar-refractivity contribution in [2.24, 2.45) is 0 Å². The molecule has 0 unspecified atom stereocenters. The van der Waals surface area contributed by atoms with Crippen molar-refractivity contribution < 1.29 is 14.0 Å². The molecular formula is C16H15BrN2O3. The number of hydrogen-bond acceptors (Lipinski definition) is 3. The molecule has 0 aliphatic carbocycles. The van der Waals surface area contributed by atoms with E-state index in [9.17, 15) is 9.59 Å². The zero-order valence-corrected chi connectivity index (χ0v) is 13.4. The number of rotatable bonds is 4. The van der Waals surface area contributed by atoms with Crippen LogP contribution in [0.2, 0.25) is 0 Å². The Labute approximate surface area is 136 Å². The van der Waals surface area contributed by atoms with Crippen LogP contribution in [0.15, 0.2) is 45.5 Å². The molecule has 2 aromatic rings. The Hall–Kier alpha value is -2.08. The normalized spacial score (nSPS) is 14.4. The predicted molar refractivity (Wildman–Crippen MR) is 85.5 cm³/mol. The Kier molecular flexibility index (Phi) is 4.29. The molecule has 114 valence electrons. The summed E-state index contributed by atoms with van der Waals surface area (Å²) in [6, 6.07) is 10.8. The van der Waals surface area contributed by atoms with E-state index in [-0.39, 0.29) is 17.6 Å². The minimum atomic E-state index is -0.305. The van der Waals surface area contributed by atoms with Crippen LogP contribution in [0.25, 0.3) is 0 Å². The summed E-state index contributed by atoms with van der Waals surface area (Å²) in [5.41, 5.74) is 1.68. The molecule has 1 aliphatic heterocycles. The summed E-state index contributed by atoms with van der Waals surface area (Å²) >= 11 is 3.17. The van der Waals surface area contributed by atoms with E-state index in [1.165, 1.54) is 0 Å². The fourth-order valence-corrected chi connectivity index (χ4v) is 2.77. The number of likely N-dealkylation sites (tertiary alicyclic amines) is 1. The molecule has 1 fully saturated rings. The van der Waals surface area contributed by atoms with Gasteiger partial charge in [0.05, 0.1) is 0 Å². The zero-order chi connectivity index (χ0) is 15.5. The van der Waals surface area contributed by atoms with Crippen LogP contribution in [0.3, 0.4) is 0 Å². The number of benzene rings is 1. The molecule has 5 nitrogen and oxygen atoms in total. The average Bonchev–Trinajstić information content (AvgIpc) is 3.09. The van der Waals surface area contributed by atoms with Crippen LogP contribution in [0.4, 0.5) is 5.69 Å². The van der Waals surface area contributed by atoms with Crippen LogP contribution < -0.4 is 5.32 Å². The van der Waals surface area contributed by atoms with Gasteiger partial charge in [-0.25, -0.2) is 0 Å². The highest BCUT2D eigenvalue weighted by molar-refractivity contribution is 9.10. The maximum atomic E-state index is 12.0. The summed E-state index contributed by atoms with van der Waals surface area (Å²) in [4.78, 5) is 25.6. The largest absolute Gasteiger partial charge is 0.444 e. The van der Waals surface area contributed by atoms with Gasteiger partial charge in [-0.2, -0.15) is 0 Å². The van der Waals surface area contributed by atoms with Crippen LogP contribution in [0.5, 0.6) is 0 Å². The van der Waals surface area contributed by atoms with Gasteiger partial charge in [0.25, 0.3) is 5.91 Å². The summed E-state index contributed by atoms with van der Waals surface area (Å²) in [7, 11) is 0. The van der Waals surface area contributed by atoms with E-state index in [4.69, 9.17) is 4.42 Å². The SMILES string of the molecule is O=C(Nc1cccc(CN2CCCC2=O)c1)c1ccc(Br)o1. The lowest BCUT2D eigenvalue weighted by Gasteiger charge is -2.16. The monoisotopic (exact) mass is 362 g/mol. The smallest absolute Gasteiger partial charge is 0.291 e. The van der Waals surface area contributed by atoms with E-state index >= 15 is 0 Å². The van der Waals surface area contributed by atoms with Crippen LogP contribution in [-0.2, 0) is 11.3 Å². The molecule has 1 N–H and O–H groups in total. The number of nitrogens with one attached hydrogen (secondary N) is 1. The number of anilines is 1. The van der Waals surface area contributed by atoms with Crippen LogP contribution >= 0.6 is 15.9 Å². The maximum Gasteiger partial charge on any atom is 0.291 e. The van der Waals surface area contributed by atoms with Gasteiger partial charge in [0, 0.05) is 25.2 Å². The lowest BCUT2D eigenvalue weighted by Crippen LogP contribution is -2.23. The average molecular weight is 363 g/mol. The molecule has 1 aromatic carbocycles. The maximum absolute atomic E-state index is 12.0. The fourth-order valence-electron chi connectivity index (χ4n) is 2.47. The van der Waals surface area contributed by atoms with Gasteiger partial charge in [0.2, 0.25) is 5.91 Å². The number of amides is 2. The number of carbonyl (C=O) groups is 2. The van der Waals surface area contributed by atoms with Crippen molar-refractivity contribution in [2.75, 3.05) is 11.9 Å². The van der Waals surface area contributed by atoms with Crippen LogP contribution in [-0.4, -0.2) is 23.3 Å². The second-order valence-corrected chi connectivity index (χ2v) is 5.96. The standard InChI is InChI=1S/C16H15BrN2O3/c17-14-7-6-13(22-14)16(21)18-12-4-1-3-11(9-12)10-19-8-2-5-15(19)20/h1,3-4,6-7,9H,2,5,8,10H2,(H,18,21). The van der Waals surface area contributed by atoms with Crippen molar-refractivity contribution in [3.8, 4) is 0 Å². The van der Waals surface area contributed by atoms with Gasteiger partial charge in [-0.15, -0.1) is 0 Å². The molecule has 0 radical (unpaired) electrons. The van der Waals surface area contributed by atoms with E-state index in [1.54, 1.807) is 12.1 Å². The molecule has 22 heavy (non-hydrogen) atoms. The number of nitrogens with zero attached hydrogens (tertiary/aromatic N) is 1. The van der Waals surface area contributed by atoms with E-state index in [2.05, 4.69) is 21.2 Å². The number of halogens is 1. The first-order valence-electron chi connectivity index (χ1n) is 7.05. The van der Waals surface area contributed by atoms with Gasteiger partial charge in [0.15, 0.2) is 10.4 Å². The Morgan fingerprint density at radius 3 is 2.86 bits per heavy atom. The minimum Gasteiger partial charge on any atom is -0.444 e. The molecule has 1 aromatic heterocycles. The third kappa shape index (κ3) is 3.39. The van der Waals surface area contributed by atoms with E-state index in [0.29, 0.717) is 23.3 Å². The van der Waals surface area contributed by atoms with Gasteiger partial charge in [-0.05, 0) is 52.2 Å². The Balaban J connectivity index is 1.68. The summed E-state index contributed by atoms with van der Waals surface area (Å²) < 4.78 is 5.73. The van der Waals surface area contributed by atoms with Crippen molar-refractivity contribution >= 4 is 33.4 Å². The zero-order valence-electron chi connectivity index (χ0n) is 11.8. The first kappa shape index (κ1) is 14.8. The van der Waals surface area contributed by atoms with Crippen LogP contribution in [0.1, 0.15) is 29.0 Å². The highest BCUT2D eigenvalue weighted by Crippen LogP contribution is 2.19. The first-order valence-corrected chi connectivity index (χ1v) is 7.84. The van der Waals surface area contributed by atoms with Crippen LogP contribution in [0, 0.1) is 0 Å². The van der Waals surface area contributed by atoms with Crippen molar-refractivity contribution in [3.05, 3.63) is 52.4 Å². The third-order valence-electron chi connectivity index (χ3n) is 3.53. The molecule has 2 amide bonds. The van der Waals surface area contributed by atoms with Crippen molar-refractivity contribution in [3.63, 3.8) is 0 Å². The van der Waals surface area contributed by atoms with E-state index in [1.807, 2.05) is 29.2 Å². The summed E-state index contributed by atoms with van der Waals surface area (Å²) in [6.45, 7) is 1.38. The molecule has 0 saturated carbocycles. The summed E-state index contributed by atoms with van der Waals surface area (Å²) in [6.07, 6.45) is 1.55. The Morgan fingerprint density at radius 2 is 2.18 bits per heavy atom. The van der Waals surface area contributed by atoms with Gasteiger partial charge < -0.3 is 14.6 Å². The minimum absolute atomic E-state index is 0.190. The van der Waals surface area contributed by atoms with Gasteiger partial charge in [0.1, 0.15) is 0 Å². The number of hydrogen-bond donors (Lipinski definition) is 1. The molecular weight excluding hydrogens is 348 g/mol. The fraction of sp³-hybridized carbons (Fsp3) is 0.250. The van der Waals surface area contributed by atoms with Gasteiger partial charge >= 0.3 is 0 Å². The van der Waals surface area contributed by atoms with Crippen molar-refractivity contribution in [1.82, 2.24) is 4.90 Å². The summed E-state index contributed by atoms with van der Waals surface area (Å²) in [5.74, 6) is 0.127. The van der Waals surface area contributed by atoms with Gasteiger partial charge in [-0.1, -0.05) is 12.1 Å². The number of furan rings is 1.